The van der Waals surface area contributed by atoms with Gasteiger partial charge in [0, 0.05) is 43.3 Å². The molecule has 0 spiro atoms. The van der Waals surface area contributed by atoms with Crippen molar-refractivity contribution in [2.75, 3.05) is 0 Å². The third-order valence-electron chi connectivity index (χ3n) is 7.07. The van der Waals surface area contributed by atoms with Gasteiger partial charge in [-0.25, -0.2) is 9.97 Å². The van der Waals surface area contributed by atoms with Crippen LogP contribution in [0.15, 0.2) is 77.0 Å². The maximum absolute atomic E-state index is 12.8. The zero-order valence-electron chi connectivity index (χ0n) is 24.9. The molecule has 1 aromatic carbocycles. The van der Waals surface area contributed by atoms with Crippen molar-refractivity contribution < 1.29 is 4.79 Å². The fourth-order valence-electron chi connectivity index (χ4n) is 4.27. The number of nitrogens with zero attached hydrogens (tertiary/aromatic N) is 5. The Hall–Kier alpha value is -4.13. The van der Waals surface area contributed by atoms with Gasteiger partial charge in [-0.15, -0.1) is 0 Å². The number of aromatic nitrogens is 4. The van der Waals surface area contributed by atoms with Gasteiger partial charge in [0.15, 0.2) is 5.69 Å². The summed E-state index contributed by atoms with van der Waals surface area (Å²) in [6, 6.07) is 8.23. The maximum atomic E-state index is 12.8. The summed E-state index contributed by atoms with van der Waals surface area (Å²) < 4.78 is 1.76. The Balaban J connectivity index is 1.98. The molecular formula is C33H42N6O. The molecule has 0 fully saturated rings. The summed E-state index contributed by atoms with van der Waals surface area (Å²) in [5, 5.41) is 7.39. The topological polar surface area (TPSA) is 85.1 Å². The van der Waals surface area contributed by atoms with Gasteiger partial charge in [-0.2, -0.15) is 5.10 Å². The summed E-state index contributed by atoms with van der Waals surface area (Å²) >= 11 is 0. The standard InChI is InChI=1S/C33H42N6O/c1-8-11-14-36-32(24(5)10-3)29(15-23(4)9-2)17-28-16-27(13-12-25(28)6)31-18-30(38-39(31)7)33(40)37-21-26-19-34-22-35-20-26/h8,11-14,16-20,22-23H,9-10,15,21H2,1-7H3,(H,37,40)/b11-8-,29-17+,32-24?,36-14?. The number of carbonyl (C=O) groups is 1. The van der Waals surface area contributed by atoms with Gasteiger partial charge in [0.1, 0.15) is 6.33 Å². The number of nitrogens with one attached hydrogen (secondary N) is 1. The van der Waals surface area contributed by atoms with Gasteiger partial charge >= 0.3 is 0 Å². The highest BCUT2D eigenvalue weighted by Crippen LogP contribution is 2.31. The van der Waals surface area contributed by atoms with Crippen LogP contribution in [-0.2, 0) is 13.6 Å². The first-order valence-corrected chi connectivity index (χ1v) is 14.0. The molecule has 7 nitrogen and oxygen atoms in total. The highest BCUT2D eigenvalue weighted by Gasteiger charge is 2.16. The van der Waals surface area contributed by atoms with E-state index in [2.05, 4.69) is 79.3 Å². The van der Waals surface area contributed by atoms with Crippen LogP contribution in [0.5, 0.6) is 0 Å². The number of rotatable bonds is 12. The van der Waals surface area contributed by atoms with Crippen LogP contribution in [0.2, 0.25) is 0 Å². The Morgan fingerprint density at radius 3 is 2.60 bits per heavy atom. The van der Waals surface area contributed by atoms with E-state index in [1.165, 1.54) is 23.0 Å². The molecule has 0 aliphatic heterocycles. The minimum atomic E-state index is -0.238. The quantitative estimate of drug-likeness (QED) is 0.194. The summed E-state index contributed by atoms with van der Waals surface area (Å²) in [5.74, 6) is 0.296. The average molecular weight is 539 g/mol. The van der Waals surface area contributed by atoms with Gasteiger partial charge < -0.3 is 5.32 Å². The average Bonchev–Trinajstić information content (AvgIpc) is 3.36. The Morgan fingerprint density at radius 1 is 1.18 bits per heavy atom. The van der Waals surface area contributed by atoms with Crippen LogP contribution in [-0.4, -0.2) is 31.9 Å². The summed E-state index contributed by atoms with van der Waals surface area (Å²) in [6.45, 7) is 13.3. The molecule has 2 heterocycles. The Kier molecular flexibility index (Phi) is 11.3. The number of carbonyl (C=O) groups excluding carboxylic acids is 1. The smallest absolute Gasteiger partial charge is 0.272 e. The van der Waals surface area contributed by atoms with E-state index in [9.17, 15) is 4.79 Å². The minimum absolute atomic E-state index is 0.238. The zero-order valence-corrected chi connectivity index (χ0v) is 24.9. The van der Waals surface area contributed by atoms with E-state index in [4.69, 9.17) is 4.99 Å². The predicted molar refractivity (Wildman–Crippen MR) is 165 cm³/mol. The molecule has 0 aliphatic carbocycles. The lowest BCUT2D eigenvalue weighted by atomic mass is 9.91. The van der Waals surface area contributed by atoms with Crippen LogP contribution in [0.1, 0.15) is 81.1 Å². The van der Waals surface area contributed by atoms with Crippen molar-refractivity contribution in [3.8, 4) is 11.3 Å². The van der Waals surface area contributed by atoms with Crippen LogP contribution >= 0.6 is 0 Å². The van der Waals surface area contributed by atoms with Crippen LogP contribution in [0.25, 0.3) is 17.3 Å². The van der Waals surface area contributed by atoms with Gasteiger partial charge in [-0.1, -0.05) is 45.4 Å². The molecule has 0 radical (unpaired) electrons. The number of benzene rings is 1. The molecule has 0 saturated carbocycles. The highest BCUT2D eigenvalue weighted by molar-refractivity contribution is 5.93. The van der Waals surface area contributed by atoms with Crippen molar-refractivity contribution >= 4 is 18.2 Å². The van der Waals surface area contributed by atoms with Gasteiger partial charge in [0.05, 0.1) is 11.4 Å². The molecule has 0 bridgehead atoms. The number of aliphatic imine (C=N–C) groups is 1. The summed E-state index contributed by atoms with van der Waals surface area (Å²) in [6.07, 6.45) is 16.0. The first-order valence-electron chi connectivity index (χ1n) is 14.0. The molecule has 2 aromatic heterocycles. The van der Waals surface area contributed by atoms with Crippen LogP contribution in [0.4, 0.5) is 0 Å². The lowest BCUT2D eigenvalue weighted by molar-refractivity contribution is 0.0945. The van der Waals surface area contributed by atoms with E-state index >= 15 is 0 Å². The molecule has 1 unspecified atom stereocenters. The fourth-order valence-corrected chi connectivity index (χ4v) is 4.27. The fraction of sp³-hybridized carbons (Fsp3) is 0.364. The number of hydrogen-bond donors (Lipinski definition) is 1. The van der Waals surface area contributed by atoms with E-state index in [1.807, 2.05) is 38.4 Å². The first-order chi connectivity index (χ1) is 19.3. The van der Waals surface area contributed by atoms with E-state index in [1.54, 1.807) is 17.1 Å². The zero-order chi connectivity index (χ0) is 29.1. The normalized spacial score (nSPS) is 13.6. The second-order valence-electron chi connectivity index (χ2n) is 10.2. The Morgan fingerprint density at radius 2 is 1.93 bits per heavy atom. The van der Waals surface area contributed by atoms with Crippen molar-refractivity contribution in [2.24, 2.45) is 18.0 Å². The maximum Gasteiger partial charge on any atom is 0.272 e. The number of aryl methyl sites for hydroxylation is 2. The highest BCUT2D eigenvalue weighted by atomic mass is 16.1. The number of amides is 1. The first kappa shape index (κ1) is 30.4. The molecule has 1 N–H and O–H groups in total. The molecule has 3 aromatic rings. The van der Waals surface area contributed by atoms with Gasteiger partial charge in [-0.3, -0.25) is 14.5 Å². The molecule has 7 heteroatoms. The number of allylic oxidation sites excluding steroid dienone is 4. The van der Waals surface area contributed by atoms with E-state index in [0.717, 1.165) is 47.3 Å². The van der Waals surface area contributed by atoms with Crippen molar-refractivity contribution in [3.05, 3.63) is 94.4 Å². The summed E-state index contributed by atoms with van der Waals surface area (Å²) in [5.41, 5.74) is 8.96. The van der Waals surface area contributed by atoms with Gasteiger partial charge in [0.25, 0.3) is 5.91 Å². The molecule has 1 amide bonds. The molecule has 0 aliphatic rings. The van der Waals surface area contributed by atoms with Crippen molar-refractivity contribution in [1.82, 2.24) is 25.1 Å². The van der Waals surface area contributed by atoms with Gasteiger partial charge in [-0.05, 0) is 86.1 Å². The molecule has 3 rings (SSSR count). The molecule has 1 atom stereocenters. The monoisotopic (exact) mass is 538 g/mol. The summed E-state index contributed by atoms with van der Waals surface area (Å²) in [4.78, 5) is 25.7. The largest absolute Gasteiger partial charge is 0.346 e. The molecule has 0 saturated heterocycles. The van der Waals surface area contributed by atoms with Crippen LogP contribution < -0.4 is 5.32 Å². The second kappa shape index (κ2) is 14.9. The number of hydrogen-bond acceptors (Lipinski definition) is 5. The van der Waals surface area contributed by atoms with Crippen molar-refractivity contribution in [1.29, 1.82) is 0 Å². The Bertz CT molecular complexity index is 1410. The summed E-state index contributed by atoms with van der Waals surface area (Å²) in [7, 11) is 1.86. The van der Waals surface area contributed by atoms with E-state index in [-0.39, 0.29) is 5.91 Å². The molecule has 210 valence electrons. The van der Waals surface area contributed by atoms with Crippen LogP contribution in [0.3, 0.4) is 0 Å². The Labute approximate surface area is 238 Å². The third kappa shape index (κ3) is 8.18. The lowest BCUT2D eigenvalue weighted by Crippen LogP contribution is -2.23. The molecular weight excluding hydrogens is 496 g/mol. The predicted octanol–water partition coefficient (Wildman–Crippen LogP) is 7.27. The molecule has 40 heavy (non-hydrogen) atoms. The van der Waals surface area contributed by atoms with E-state index < -0.39 is 0 Å². The van der Waals surface area contributed by atoms with E-state index in [0.29, 0.717) is 18.2 Å². The van der Waals surface area contributed by atoms with Gasteiger partial charge in [0.2, 0.25) is 0 Å². The third-order valence-corrected chi connectivity index (χ3v) is 7.07. The van der Waals surface area contributed by atoms with Crippen LogP contribution in [0, 0.1) is 12.8 Å². The SMILES string of the molecule is C/C=C\C=NC(=C(C)CC)/C(=C/c1cc(-c2cc(C(=O)NCc3cncnc3)nn2C)ccc1C)CC(C)CC. The lowest BCUT2D eigenvalue weighted by Gasteiger charge is -2.17. The minimum Gasteiger partial charge on any atom is -0.346 e. The second-order valence-corrected chi connectivity index (χ2v) is 10.2. The van der Waals surface area contributed by atoms with Crippen molar-refractivity contribution in [2.45, 2.75) is 67.3 Å². The van der Waals surface area contributed by atoms with Crippen molar-refractivity contribution in [3.63, 3.8) is 0 Å².